The first-order valence-electron chi connectivity index (χ1n) is 6.94. The summed E-state index contributed by atoms with van der Waals surface area (Å²) in [5, 5.41) is 0. The van der Waals surface area contributed by atoms with Crippen LogP contribution in [0.1, 0.15) is 43.0 Å². The minimum atomic E-state index is 0.0879. The third-order valence-corrected chi connectivity index (χ3v) is 3.83. The lowest BCUT2D eigenvalue weighted by Crippen LogP contribution is -2.28. The van der Waals surface area contributed by atoms with Crippen molar-refractivity contribution >= 4 is 11.6 Å². The summed E-state index contributed by atoms with van der Waals surface area (Å²) in [5.74, 6) is 2.87. The van der Waals surface area contributed by atoms with Crippen molar-refractivity contribution in [1.29, 1.82) is 0 Å². The Morgan fingerprint density at radius 3 is 2.22 bits per heavy atom. The zero-order valence-corrected chi connectivity index (χ0v) is 10.9. The van der Waals surface area contributed by atoms with E-state index in [2.05, 4.69) is 9.88 Å². The Morgan fingerprint density at radius 2 is 1.83 bits per heavy atom. The van der Waals surface area contributed by atoms with Crippen LogP contribution in [0.25, 0.3) is 0 Å². The highest BCUT2D eigenvalue weighted by molar-refractivity contribution is 5.93. The number of anilines is 1. The number of ketones is 1. The molecule has 3 rings (SSSR count). The maximum Gasteiger partial charge on any atom is 0.161 e. The van der Waals surface area contributed by atoms with Crippen LogP contribution in [0.4, 0.5) is 5.82 Å². The van der Waals surface area contributed by atoms with E-state index < -0.39 is 0 Å². The summed E-state index contributed by atoms with van der Waals surface area (Å²) in [5.41, 5.74) is 0.705. The van der Waals surface area contributed by atoms with E-state index in [9.17, 15) is 4.79 Å². The van der Waals surface area contributed by atoms with Crippen LogP contribution >= 0.6 is 0 Å². The van der Waals surface area contributed by atoms with Gasteiger partial charge in [0.05, 0.1) is 0 Å². The predicted octanol–water partition coefficient (Wildman–Crippen LogP) is 2.91. The quantitative estimate of drug-likeness (QED) is 0.721. The van der Waals surface area contributed by atoms with E-state index in [4.69, 9.17) is 0 Å². The van der Waals surface area contributed by atoms with Crippen molar-refractivity contribution in [2.45, 2.75) is 32.6 Å². The molecule has 1 heterocycles. The van der Waals surface area contributed by atoms with Gasteiger partial charge in [0.2, 0.25) is 0 Å². The molecule has 0 N–H and O–H groups in total. The number of aromatic nitrogens is 1. The summed E-state index contributed by atoms with van der Waals surface area (Å²) in [6.07, 6.45) is 7.18. The van der Waals surface area contributed by atoms with Crippen molar-refractivity contribution < 1.29 is 4.79 Å². The average molecular weight is 244 g/mol. The van der Waals surface area contributed by atoms with E-state index >= 15 is 0 Å². The molecule has 2 aliphatic rings. The molecule has 1 aromatic rings. The zero-order chi connectivity index (χ0) is 12.5. The van der Waals surface area contributed by atoms with Crippen molar-refractivity contribution in [3.8, 4) is 0 Å². The van der Waals surface area contributed by atoms with Crippen LogP contribution in [-0.2, 0) is 0 Å². The molecule has 0 unspecified atom stereocenters. The number of pyridine rings is 1. The van der Waals surface area contributed by atoms with Gasteiger partial charge < -0.3 is 4.90 Å². The molecule has 2 saturated carbocycles. The van der Waals surface area contributed by atoms with E-state index in [0.29, 0.717) is 5.56 Å². The van der Waals surface area contributed by atoms with Crippen LogP contribution < -0.4 is 4.90 Å². The fourth-order valence-corrected chi connectivity index (χ4v) is 2.27. The van der Waals surface area contributed by atoms with Gasteiger partial charge in [-0.05, 0) is 56.6 Å². The van der Waals surface area contributed by atoms with E-state index in [1.165, 1.54) is 25.7 Å². The maximum absolute atomic E-state index is 11.2. The summed E-state index contributed by atoms with van der Waals surface area (Å²) in [4.78, 5) is 18.1. The second kappa shape index (κ2) is 4.71. The molecule has 0 aliphatic heterocycles. The normalized spacial score (nSPS) is 18.7. The van der Waals surface area contributed by atoms with Gasteiger partial charge in [0, 0.05) is 24.8 Å². The first-order valence-corrected chi connectivity index (χ1v) is 6.94. The van der Waals surface area contributed by atoms with Gasteiger partial charge in [-0.25, -0.2) is 4.98 Å². The van der Waals surface area contributed by atoms with Gasteiger partial charge in [0.15, 0.2) is 5.78 Å². The number of carbonyl (C=O) groups excluding carboxylic acids is 1. The van der Waals surface area contributed by atoms with Crippen molar-refractivity contribution in [1.82, 2.24) is 4.98 Å². The third kappa shape index (κ3) is 2.89. The number of hydrogen-bond acceptors (Lipinski definition) is 3. The fourth-order valence-electron chi connectivity index (χ4n) is 2.27. The Morgan fingerprint density at radius 1 is 1.22 bits per heavy atom. The highest BCUT2D eigenvalue weighted by atomic mass is 16.1. The Balaban J connectivity index is 1.72. The van der Waals surface area contributed by atoms with E-state index in [1.807, 2.05) is 12.1 Å². The second-order valence-electron chi connectivity index (χ2n) is 5.75. The SMILES string of the molecule is CC(=O)c1ccc(N(CC2CC2)CC2CC2)nc1. The Kier molecular flexibility index (Phi) is 3.06. The molecule has 0 bridgehead atoms. The standard InChI is InChI=1S/C15H20N2O/c1-11(18)14-6-7-15(16-8-14)17(9-12-2-3-12)10-13-4-5-13/h6-8,12-13H,2-5,9-10H2,1H3. The van der Waals surface area contributed by atoms with Crippen molar-refractivity contribution in [2.75, 3.05) is 18.0 Å². The molecular formula is C15H20N2O. The predicted molar refractivity (Wildman–Crippen MR) is 71.9 cm³/mol. The van der Waals surface area contributed by atoms with Crippen molar-refractivity contribution in [2.24, 2.45) is 11.8 Å². The van der Waals surface area contributed by atoms with Gasteiger partial charge in [0.1, 0.15) is 5.82 Å². The Bertz CT molecular complexity index is 418. The summed E-state index contributed by atoms with van der Waals surface area (Å²) < 4.78 is 0. The van der Waals surface area contributed by atoms with Gasteiger partial charge in [0.25, 0.3) is 0 Å². The summed E-state index contributed by atoms with van der Waals surface area (Å²) in [6.45, 7) is 3.87. The Labute approximate surface area is 108 Å². The fraction of sp³-hybridized carbons (Fsp3) is 0.600. The van der Waals surface area contributed by atoms with E-state index in [-0.39, 0.29) is 5.78 Å². The molecule has 18 heavy (non-hydrogen) atoms. The molecule has 0 amide bonds. The van der Waals surface area contributed by atoms with Crippen LogP contribution in [0.15, 0.2) is 18.3 Å². The van der Waals surface area contributed by atoms with Gasteiger partial charge in [-0.15, -0.1) is 0 Å². The molecular weight excluding hydrogens is 224 g/mol. The first kappa shape index (κ1) is 11.7. The summed E-state index contributed by atoms with van der Waals surface area (Å²) in [7, 11) is 0. The van der Waals surface area contributed by atoms with Crippen LogP contribution in [-0.4, -0.2) is 23.9 Å². The van der Waals surface area contributed by atoms with E-state index in [1.54, 1.807) is 13.1 Å². The largest absolute Gasteiger partial charge is 0.356 e. The number of rotatable bonds is 6. The average Bonchev–Trinajstić information content (AvgIpc) is 3.23. The molecule has 3 heteroatoms. The highest BCUT2D eigenvalue weighted by Gasteiger charge is 2.29. The Hall–Kier alpha value is -1.38. The molecule has 96 valence electrons. The van der Waals surface area contributed by atoms with Crippen LogP contribution in [0.5, 0.6) is 0 Å². The molecule has 0 spiro atoms. The maximum atomic E-state index is 11.2. The number of carbonyl (C=O) groups is 1. The lowest BCUT2D eigenvalue weighted by atomic mass is 10.2. The van der Waals surface area contributed by atoms with Crippen molar-refractivity contribution in [3.05, 3.63) is 23.9 Å². The summed E-state index contributed by atoms with van der Waals surface area (Å²) in [6, 6.07) is 3.90. The number of Topliss-reactive ketones (excluding diaryl/α,β-unsaturated/α-hetero) is 1. The molecule has 1 aromatic heterocycles. The monoisotopic (exact) mass is 244 g/mol. The van der Waals surface area contributed by atoms with Crippen LogP contribution in [0.3, 0.4) is 0 Å². The molecule has 0 atom stereocenters. The smallest absolute Gasteiger partial charge is 0.161 e. The van der Waals surface area contributed by atoms with E-state index in [0.717, 1.165) is 30.7 Å². The summed E-state index contributed by atoms with van der Waals surface area (Å²) >= 11 is 0. The molecule has 0 radical (unpaired) electrons. The van der Waals surface area contributed by atoms with Gasteiger partial charge in [-0.3, -0.25) is 4.79 Å². The molecule has 2 aliphatic carbocycles. The zero-order valence-electron chi connectivity index (χ0n) is 10.9. The molecule has 3 nitrogen and oxygen atoms in total. The number of nitrogens with zero attached hydrogens (tertiary/aromatic N) is 2. The molecule has 0 aromatic carbocycles. The van der Waals surface area contributed by atoms with Gasteiger partial charge in [-0.2, -0.15) is 0 Å². The topological polar surface area (TPSA) is 33.2 Å². The minimum absolute atomic E-state index is 0.0879. The van der Waals surface area contributed by atoms with Crippen LogP contribution in [0, 0.1) is 11.8 Å². The van der Waals surface area contributed by atoms with Gasteiger partial charge in [-0.1, -0.05) is 0 Å². The highest BCUT2D eigenvalue weighted by Crippen LogP contribution is 2.35. The third-order valence-electron chi connectivity index (χ3n) is 3.83. The first-order chi connectivity index (χ1) is 8.72. The number of hydrogen-bond donors (Lipinski definition) is 0. The molecule has 2 fully saturated rings. The lowest BCUT2D eigenvalue weighted by Gasteiger charge is -2.23. The lowest BCUT2D eigenvalue weighted by molar-refractivity contribution is 0.101. The van der Waals surface area contributed by atoms with Crippen LogP contribution in [0.2, 0.25) is 0 Å². The minimum Gasteiger partial charge on any atom is -0.356 e. The second-order valence-corrected chi connectivity index (χ2v) is 5.75. The van der Waals surface area contributed by atoms with Crippen molar-refractivity contribution in [3.63, 3.8) is 0 Å². The molecule has 0 saturated heterocycles. The van der Waals surface area contributed by atoms with Gasteiger partial charge >= 0.3 is 0 Å².